The predicted molar refractivity (Wildman–Crippen MR) is 86.4 cm³/mol. The SMILES string of the molecule is Cc1sc2ncn(C(C)C(=O)O)c(=O)c2c1-c1ccc(F)cc1. The van der Waals surface area contributed by atoms with Crippen LogP contribution in [0.15, 0.2) is 35.4 Å². The summed E-state index contributed by atoms with van der Waals surface area (Å²) >= 11 is 1.36. The number of fused-ring (bicyclic) bond motifs is 1. The van der Waals surface area contributed by atoms with Gasteiger partial charge in [0.1, 0.15) is 16.7 Å². The van der Waals surface area contributed by atoms with Gasteiger partial charge in [-0.2, -0.15) is 0 Å². The quantitative estimate of drug-likeness (QED) is 0.799. The Morgan fingerprint density at radius 3 is 2.61 bits per heavy atom. The lowest BCUT2D eigenvalue weighted by Gasteiger charge is -2.10. The Balaban J connectivity index is 2.32. The molecule has 0 amide bonds. The van der Waals surface area contributed by atoms with E-state index in [-0.39, 0.29) is 5.82 Å². The standard InChI is InChI=1S/C16H13FN2O3S/c1-8(16(21)22)19-7-18-14-13(15(19)20)12(9(2)23-14)10-3-5-11(17)6-4-10/h3-8H,1-2H3,(H,21,22). The van der Waals surface area contributed by atoms with Crippen molar-refractivity contribution in [1.29, 1.82) is 0 Å². The summed E-state index contributed by atoms with van der Waals surface area (Å²) in [6.45, 7) is 3.28. The van der Waals surface area contributed by atoms with Gasteiger partial charge < -0.3 is 5.11 Å². The van der Waals surface area contributed by atoms with E-state index in [1.165, 1.54) is 36.7 Å². The topological polar surface area (TPSA) is 72.2 Å². The molecule has 0 saturated carbocycles. The van der Waals surface area contributed by atoms with Crippen molar-refractivity contribution in [3.05, 3.63) is 51.6 Å². The second-order valence-electron chi connectivity index (χ2n) is 5.19. The first-order valence-electron chi connectivity index (χ1n) is 6.89. The van der Waals surface area contributed by atoms with Crippen LogP contribution >= 0.6 is 11.3 Å². The molecule has 5 nitrogen and oxygen atoms in total. The highest BCUT2D eigenvalue weighted by Gasteiger charge is 2.21. The summed E-state index contributed by atoms with van der Waals surface area (Å²) in [4.78, 5) is 29.5. The molecule has 0 fully saturated rings. The van der Waals surface area contributed by atoms with Gasteiger partial charge in [-0.15, -0.1) is 11.3 Å². The maximum atomic E-state index is 13.1. The first-order valence-corrected chi connectivity index (χ1v) is 7.70. The minimum atomic E-state index is -1.11. The zero-order valence-corrected chi connectivity index (χ0v) is 13.2. The number of thiophene rings is 1. The molecule has 0 spiro atoms. The van der Waals surface area contributed by atoms with Gasteiger partial charge in [0, 0.05) is 10.4 Å². The van der Waals surface area contributed by atoms with E-state index in [4.69, 9.17) is 5.11 Å². The van der Waals surface area contributed by atoms with Crippen molar-refractivity contribution in [1.82, 2.24) is 9.55 Å². The largest absolute Gasteiger partial charge is 0.480 e. The summed E-state index contributed by atoms with van der Waals surface area (Å²) in [6, 6.07) is 4.84. The minimum absolute atomic E-state index is 0.360. The average Bonchev–Trinajstić information content (AvgIpc) is 2.85. The van der Waals surface area contributed by atoms with Crippen LogP contribution in [0.5, 0.6) is 0 Å². The van der Waals surface area contributed by atoms with Crippen molar-refractivity contribution in [3.8, 4) is 11.1 Å². The van der Waals surface area contributed by atoms with E-state index in [0.29, 0.717) is 21.3 Å². The average molecular weight is 332 g/mol. The van der Waals surface area contributed by atoms with E-state index in [9.17, 15) is 14.0 Å². The van der Waals surface area contributed by atoms with Crippen LogP contribution in [0.3, 0.4) is 0 Å². The summed E-state index contributed by atoms with van der Waals surface area (Å²) in [5.74, 6) is -1.47. The maximum Gasteiger partial charge on any atom is 0.326 e. The van der Waals surface area contributed by atoms with Crippen LogP contribution in [0.2, 0.25) is 0 Å². The Morgan fingerprint density at radius 2 is 2.00 bits per heavy atom. The fourth-order valence-electron chi connectivity index (χ4n) is 2.47. The number of aliphatic carboxylic acids is 1. The summed E-state index contributed by atoms with van der Waals surface area (Å²) in [5.41, 5.74) is 0.970. The number of rotatable bonds is 3. The minimum Gasteiger partial charge on any atom is -0.480 e. The third-order valence-electron chi connectivity index (χ3n) is 3.72. The number of carboxylic acids is 1. The number of aryl methyl sites for hydroxylation is 1. The fraction of sp³-hybridized carbons (Fsp3) is 0.188. The van der Waals surface area contributed by atoms with Gasteiger partial charge in [-0.05, 0) is 31.5 Å². The third-order valence-corrected chi connectivity index (χ3v) is 4.73. The van der Waals surface area contributed by atoms with E-state index in [0.717, 1.165) is 9.44 Å². The molecular weight excluding hydrogens is 319 g/mol. The smallest absolute Gasteiger partial charge is 0.326 e. The maximum absolute atomic E-state index is 13.1. The van der Waals surface area contributed by atoms with Crippen molar-refractivity contribution in [2.45, 2.75) is 19.9 Å². The molecule has 2 heterocycles. The van der Waals surface area contributed by atoms with E-state index < -0.39 is 17.6 Å². The van der Waals surface area contributed by atoms with Gasteiger partial charge in [0.15, 0.2) is 0 Å². The molecule has 1 aromatic carbocycles. The molecule has 0 saturated heterocycles. The third kappa shape index (κ3) is 2.53. The summed E-state index contributed by atoms with van der Waals surface area (Å²) < 4.78 is 14.2. The summed E-state index contributed by atoms with van der Waals surface area (Å²) in [6.07, 6.45) is 1.26. The Kier molecular flexibility index (Phi) is 3.73. The Morgan fingerprint density at radius 1 is 1.35 bits per heavy atom. The molecule has 1 atom stereocenters. The molecule has 3 rings (SSSR count). The van der Waals surface area contributed by atoms with Gasteiger partial charge >= 0.3 is 5.97 Å². The van der Waals surface area contributed by atoms with E-state index >= 15 is 0 Å². The monoisotopic (exact) mass is 332 g/mol. The van der Waals surface area contributed by atoms with Crippen LogP contribution in [-0.2, 0) is 4.79 Å². The molecule has 0 radical (unpaired) electrons. The van der Waals surface area contributed by atoms with Gasteiger partial charge in [0.25, 0.3) is 5.56 Å². The van der Waals surface area contributed by atoms with Crippen LogP contribution in [0, 0.1) is 12.7 Å². The number of aromatic nitrogens is 2. The Labute approximate surface area is 134 Å². The highest BCUT2D eigenvalue weighted by Crippen LogP contribution is 2.35. The molecule has 0 aliphatic heterocycles. The molecule has 1 N–H and O–H groups in total. The summed E-state index contributed by atoms with van der Waals surface area (Å²) in [7, 11) is 0. The second-order valence-corrected chi connectivity index (χ2v) is 6.39. The molecule has 118 valence electrons. The Hall–Kier alpha value is -2.54. The molecular formula is C16H13FN2O3S. The van der Waals surface area contributed by atoms with Gasteiger partial charge in [0.05, 0.1) is 11.7 Å². The normalized spacial score (nSPS) is 12.5. The summed E-state index contributed by atoms with van der Waals surface area (Å²) in [5, 5.41) is 9.50. The van der Waals surface area contributed by atoms with Crippen LogP contribution in [0.1, 0.15) is 17.8 Å². The van der Waals surface area contributed by atoms with Gasteiger partial charge in [-0.1, -0.05) is 12.1 Å². The van der Waals surface area contributed by atoms with E-state index in [1.807, 2.05) is 6.92 Å². The molecule has 1 unspecified atom stereocenters. The number of nitrogens with zero attached hydrogens (tertiary/aromatic N) is 2. The van der Waals surface area contributed by atoms with Crippen molar-refractivity contribution >= 4 is 27.5 Å². The molecule has 0 aliphatic rings. The van der Waals surface area contributed by atoms with E-state index in [2.05, 4.69) is 4.98 Å². The molecule has 7 heteroatoms. The fourth-order valence-corrected chi connectivity index (χ4v) is 3.48. The highest BCUT2D eigenvalue weighted by atomic mass is 32.1. The van der Waals surface area contributed by atoms with Crippen molar-refractivity contribution in [2.75, 3.05) is 0 Å². The number of benzene rings is 1. The van der Waals surface area contributed by atoms with Crippen LogP contribution in [-0.4, -0.2) is 20.6 Å². The highest BCUT2D eigenvalue weighted by molar-refractivity contribution is 7.19. The second kappa shape index (κ2) is 5.58. The zero-order valence-electron chi connectivity index (χ0n) is 12.4. The molecule has 0 bridgehead atoms. The first kappa shape index (κ1) is 15.4. The van der Waals surface area contributed by atoms with Crippen LogP contribution in [0.25, 0.3) is 21.3 Å². The Bertz CT molecular complexity index is 960. The molecule has 23 heavy (non-hydrogen) atoms. The number of halogens is 1. The van der Waals surface area contributed by atoms with Gasteiger partial charge in [-0.25, -0.2) is 14.2 Å². The lowest BCUT2D eigenvalue weighted by atomic mass is 10.0. The zero-order chi connectivity index (χ0) is 16.7. The van der Waals surface area contributed by atoms with Crippen LogP contribution in [0.4, 0.5) is 4.39 Å². The number of hydrogen-bond donors (Lipinski definition) is 1. The number of carbonyl (C=O) groups is 1. The van der Waals surface area contributed by atoms with E-state index in [1.54, 1.807) is 12.1 Å². The van der Waals surface area contributed by atoms with Crippen molar-refractivity contribution in [3.63, 3.8) is 0 Å². The molecule has 2 aromatic heterocycles. The van der Waals surface area contributed by atoms with Gasteiger partial charge in [-0.3, -0.25) is 9.36 Å². The predicted octanol–water partition coefficient (Wildman–Crippen LogP) is 3.22. The molecule has 3 aromatic rings. The van der Waals surface area contributed by atoms with Crippen LogP contribution < -0.4 is 5.56 Å². The number of carboxylic acid groups (broad SMARTS) is 1. The number of hydrogen-bond acceptors (Lipinski definition) is 4. The lowest BCUT2D eigenvalue weighted by molar-refractivity contribution is -0.140. The first-order chi connectivity index (χ1) is 10.9. The van der Waals surface area contributed by atoms with Gasteiger partial charge in [0.2, 0.25) is 0 Å². The molecule has 0 aliphatic carbocycles. The van der Waals surface area contributed by atoms with Crippen molar-refractivity contribution < 1.29 is 14.3 Å². The van der Waals surface area contributed by atoms with Crippen molar-refractivity contribution in [2.24, 2.45) is 0 Å². The lowest BCUT2D eigenvalue weighted by Crippen LogP contribution is -2.28.